The summed E-state index contributed by atoms with van der Waals surface area (Å²) in [6.45, 7) is 3.28. The zero-order chi connectivity index (χ0) is 14.6. The van der Waals surface area contributed by atoms with E-state index in [0.717, 1.165) is 13.8 Å². The zero-order valence-electron chi connectivity index (χ0n) is 10.8. The number of hydrogen-bond donors (Lipinski definition) is 1. The number of aliphatic hydroxyl groups is 1. The van der Waals surface area contributed by atoms with Crippen molar-refractivity contribution in [1.82, 2.24) is 0 Å². The zero-order valence-corrected chi connectivity index (χ0v) is 10.8. The van der Waals surface area contributed by atoms with E-state index in [9.17, 15) is 19.5 Å². The standard InChI is InChI=1S/C11H16O8/c1-5(12)16-4-8-9(15)10(17-6(2)13)11(19-8)18-7(3)14/h8-11,15H,4H2,1-3H3/t8-,9-,10-,11+/m1/s1. The lowest BCUT2D eigenvalue weighted by atomic mass is 10.1. The average molecular weight is 276 g/mol. The molecule has 0 aromatic heterocycles. The second-order valence-electron chi connectivity index (χ2n) is 4.02. The van der Waals surface area contributed by atoms with Crippen molar-refractivity contribution in [3.8, 4) is 0 Å². The first-order valence-electron chi connectivity index (χ1n) is 5.62. The minimum Gasteiger partial charge on any atom is -0.463 e. The Morgan fingerprint density at radius 3 is 2.11 bits per heavy atom. The second-order valence-corrected chi connectivity index (χ2v) is 4.02. The molecule has 0 aliphatic carbocycles. The van der Waals surface area contributed by atoms with Crippen LogP contribution in [0.2, 0.25) is 0 Å². The summed E-state index contributed by atoms with van der Waals surface area (Å²) in [6, 6.07) is 0. The van der Waals surface area contributed by atoms with E-state index in [4.69, 9.17) is 18.9 Å². The van der Waals surface area contributed by atoms with Crippen molar-refractivity contribution >= 4 is 17.9 Å². The molecule has 1 aliphatic heterocycles. The Balaban J connectivity index is 2.70. The molecular formula is C11H16O8. The Hall–Kier alpha value is -1.67. The van der Waals surface area contributed by atoms with E-state index in [1.165, 1.54) is 6.92 Å². The number of rotatable bonds is 4. The van der Waals surface area contributed by atoms with E-state index in [1.807, 2.05) is 0 Å². The number of hydrogen-bond acceptors (Lipinski definition) is 8. The molecule has 1 aliphatic rings. The molecule has 8 nitrogen and oxygen atoms in total. The van der Waals surface area contributed by atoms with Gasteiger partial charge >= 0.3 is 17.9 Å². The predicted octanol–water partition coefficient (Wildman–Crippen LogP) is -0.870. The molecule has 0 aromatic carbocycles. The van der Waals surface area contributed by atoms with Crippen LogP contribution in [0.3, 0.4) is 0 Å². The van der Waals surface area contributed by atoms with Gasteiger partial charge in [-0.1, -0.05) is 0 Å². The van der Waals surface area contributed by atoms with E-state index in [0.29, 0.717) is 0 Å². The highest BCUT2D eigenvalue weighted by atomic mass is 16.7. The summed E-state index contributed by atoms with van der Waals surface area (Å²) < 4.78 is 19.5. The quantitative estimate of drug-likeness (QED) is 0.521. The summed E-state index contributed by atoms with van der Waals surface area (Å²) in [4.78, 5) is 32.5. The number of ether oxygens (including phenoxy) is 4. The fourth-order valence-electron chi connectivity index (χ4n) is 1.62. The lowest BCUT2D eigenvalue weighted by molar-refractivity contribution is -0.197. The third kappa shape index (κ3) is 4.49. The van der Waals surface area contributed by atoms with E-state index in [2.05, 4.69) is 0 Å². The molecule has 0 aromatic rings. The smallest absolute Gasteiger partial charge is 0.305 e. The van der Waals surface area contributed by atoms with Crippen LogP contribution < -0.4 is 0 Å². The molecule has 108 valence electrons. The average Bonchev–Trinajstić information content (AvgIpc) is 2.53. The lowest BCUT2D eigenvalue weighted by Gasteiger charge is -2.19. The van der Waals surface area contributed by atoms with Crippen LogP contribution in [0.5, 0.6) is 0 Å². The van der Waals surface area contributed by atoms with Crippen LogP contribution in [-0.4, -0.2) is 54.2 Å². The minimum atomic E-state index is -1.26. The SMILES string of the molecule is CC(=O)OC[C@H]1O[C@H](OC(C)=O)[C@H](OC(C)=O)[C@@H]1O. The van der Waals surface area contributed by atoms with Crippen molar-refractivity contribution in [2.75, 3.05) is 6.61 Å². The third-order valence-electron chi connectivity index (χ3n) is 2.33. The van der Waals surface area contributed by atoms with Crippen molar-refractivity contribution in [2.24, 2.45) is 0 Å². The van der Waals surface area contributed by atoms with Gasteiger partial charge in [0.15, 0.2) is 6.10 Å². The van der Waals surface area contributed by atoms with Gasteiger partial charge in [-0.25, -0.2) is 0 Å². The minimum absolute atomic E-state index is 0.230. The van der Waals surface area contributed by atoms with Gasteiger partial charge in [0.25, 0.3) is 0 Å². The molecule has 1 rings (SSSR count). The Bertz CT molecular complexity index is 366. The highest BCUT2D eigenvalue weighted by Gasteiger charge is 2.48. The summed E-state index contributed by atoms with van der Waals surface area (Å²) in [7, 11) is 0. The van der Waals surface area contributed by atoms with Crippen LogP contribution in [0.15, 0.2) is 0 Å². The van der Waals surface area contributed by atoms with Crippen molar-refractivity contribution in [3.05, 3.63) is 0 Å². The van der Waals surface area contributed by atoms with Gasteiger partial charge in [0, 0.05) is 20.8 Å². The van der Waals surface area contributed by atoms with Gasteiger partial charge in [-0.3, -0.25) is 14.4 Å². The molecule has 1 N–H and O–H groups in total. The Kier molecular flexibility index (Phi) is 5.25. The maximum absolute atomic E-state index is 10.9. The number of esters is 3. The maximum Gasteiger partial charge on any atom is 0.305 e. The van der Waals surface area contributed by atoms with E-state index >= 15 is 0 Å². The molecular weight excluding hydrogens is 260 g/mol. The summed E-state index contributed by atoms with van der Waals surface area (Å²) >= 11 is 0. The molecule has 1 saturated heterocycles. The maximum atomic E-state index is 10.9. The van der Waals surface area contributed by atoms with Gasteiger partial charge in [0.1, 0.15) is 18.8 Å². The highest BCUT2D eigenvalue weighted by Crippen LogP contribution is 2.25. The van der Waals surface area contributed by atoms with Crippen LogP contribution in [0.1, 0.15) is 20.8 Å². The molecule has 19 heavy (non-hydrogen) atoms. The Morgan fingerprint density at radius 1 is 1.05 bits per heavy atom. The molecule has 0 saturated carbocycles. The molecule has 0 amide bonds. The third-order valence-corrected chi connectivity index (χ3v) is 2.33. The molecule has 0 radical (unpaired) electrons. The summed E-state index contributed by atoms with van der Waals surface area (Å²) in [6.07, 6.45) is -4.57. The Labute approximate surface area is 109 Å². The Morgan fingerprint density at radius 2 is 1.63 bits per heavy atom. The van der Waals surface area contributed by atoms with E-state index in [-0.39, 0.29) is 6.61 Å². The fourth-order valence-corrected chi connectivity index (χ4v) is 1.62. The van der Waals surface area contributed by atoms with Gasteiger partial charge in [-0.2, -0.15) is 0 Å². The van der Waals surface area contributed by atoms with E-state index in [1.54, 1.807) is 0 Å². The number of carbonyl (C=O) groups excluding carboxylic acids is 3. The van der Waals surface area contributed by atoms with Gasteiger partial charge in [0.2, 0.25) is 6.29 Å². The second kappa shape index (κ2) is 6.48. The van der Waals surface area contributed by atoms with E-state index < -0.39 is 42.5 Å². The highest BCUT2D eigenvalue weighted by molar-refractivity contribution is 5.67. The monoisotopic (exact) mass is 276 g/mol. The normalized spacial score (nSPS) is 29.7. The van der Waals surface area contributed by atoms with Crippen molar-refractivity contribution in [2.45, 2.75) is 45.4 Å². The van der Waals surface area contributed by atoms with Gasteiger partial charge in [0.05, 0.1) is 0 Å². The first-order valence-corrected chi connectivity index (χ1v) is 5.62. The van der Waals surface area contributed by atoms with Crippen molar-refractivity contribution in [1.29, 1.82) is 0 Å². The first-order chi connectivity index (χ1) is 8.81. The largest absolute Gasteiger partial charge is 0.463 e. The lowest BCUT2D eigenvalue weighted by Crippen LogP contribution is -2.39. The molecule has 1 heterocycles. The van der Waals surface area contributed by atoms with Crippen molar-refractivity contribution in [3.63, 3.8) is 0 Å². The fraction of sp³-hybridized carbons (Fsp3) is 0.727. The van der Waals surface area contributed by atoms with Crippen LogP contribution >= 0.6 is 0 Å². The summed E-state index contributed by atoms with van der Waals surface area (Å²) in [5.74, 6) is -1.85. The van der Waals surface area contributed by atoms with Crippen LogP contribution in [-0.2, 0) is 33.3 Å². The van der Waals surface area contributed by atoms with Gasteiger partial charge in [-0.15, -0.1) is 0 Å². The number of aliphatic hydroxyl groups excluding tert-OH is 1. The van der Waals surface area contributed by atoms with Gasteiger partial charge < -0.3 is 24.1 Å². The molecule has 0 bridgehead atoms. The molecule has 8 heteroatoms. The van der Waals surface area contributed by atoms with Crippen molar-refractivity contribution < 1.29 is 38.4 Å². The molecule has 0 spiro atoms. The van der Waals surface area contributed by atoms with Crippen LogP contribution in [0, 0.1) is 0 Å². The van der Waals surface area contributed by atoms with Crippen LogP contribution in [0.4, 0.5) is 0 Å². The topological polar surface area (TPSA) is 108 Å². The predicted molar refractivity (Wildman–Crippen MR) is 58.6 cm³/mol. The van der Waals surface area contributed by atoms with Gasteiger partial charge in [-0.05, 0) is 0 Å². The van der Waals surface area contributed by atoms with Crippen LogP contribution in [0.25, 0.3) is 0 Å². The molecule has 0 unspecified atom stereocenters. The summed E-state index contributed by atoms with van der Waals surface area (Å²) in [5.41, 5.74) is 0. The molecule has 1 fully saturated rings. The summed E-state index contributed by atoms with van der Waals surface area (Å²) in [5, 5.41) is 9.91. The number of carbonyl (C=O) groups is 3. The molecule has 4 atom stereocenters. The first kappa shape index (κ1) is 15.4.